The predicted octanol–water partition coefficient (Wildman–Crippen LogP) is 3.20. The maximum absolute atomic E-state index is 13.3. The van der Waals surface area contributed by atoms with E-state index >= 15 is 0 Å². The van der Waals surface area contributed by atoms with Gasteiger partial charge >= 0.3 is 0 Å². The monoisotopic (exact) mass is 304 g/mol. The van der Waals surface area contributed by atoms with Crippen molar-refractivity contribution in [2.45, 2.75) is 25.9 Å². The minimum absolute atomic E-state index is 0.129. The van der Waals surface area contributed by atoms with Crippen LogP contribution in [0.1, 0.15) is 29.8 Å². The highest BCUT2D eigenvalue weighted by Gasteiger charge is 2.17. The first-order chi connectivity index (χ1) is 10.2. The summed E-state index contributed by atoms with van der Waals surface area (Å²) >= 11 is 1.61. The molecule has 6 heteroatoms. The molecule has 1 aromatic carbocycles. The summed E-state index contributed by atoms with van der Waals surface area (Å²) in [4.78, 5) is 1.05. The summed E-state index contributed by atoms with van der Waals surface area (Å²) < 4.78 is 16.2. The number of hydrazine groups is 1. The fraction of sp³-hybridized carbons (Fsp3) is 0.267. The van der Waals surface area contributed by atoms with Crippen LogP contribution in [0.5, 0.6) is 0 Å². The Morgan fingerprint density at radius 3 is 3.05 bits per heavy atom. The van der Waals surface area contributed by atoms with Gasteiger partial charge in [0.2, 0.25) is 0 Å². The van der Waals surface area contributed by atoms with Crippen LogP contribution < -0.4 is 11.3 Å². The number of halogens is 1. The van der Waals surface area contributed by atoms with Gasteiger partial charge in [-0.3, -0.25) is 10.5 Å². The molecule has 0 fully saturated rings. The van der Waals surface area contributed by atoms with E-state index in [-0.39, 0.29) is 11.9 Å². The van der Waals surface area contributed by atoms with Crippen LogP contribution in [0.25, 0.3) is 10.1 Å². The third kappa shape index (κ3) is 2.83. The van der Waals surface area contributed by atoms with Gasteiger partial charge < -0.3 is 0 Å². The largest absolute Gasteiger partial charge is 0.272 e. The summed E-state index contributed by atoms with van der Waals surface area (Å²) in [5.41, 5.74) is 3.84. The fourth-order valence-corrected chi connectivity index (χ4v) is 3.53. The van der Waals surface area contributed by atoms with Crippen LogP contribution >= 0.6 is 11.3 Å². The number of rotatable bonds is 5. The molecular weight excluding hydrogens is 287 g/mol. The normalized spacial score (nSPS) is 12.9. The summed E-state index contributed by atoms with van der Waals surface area (Å²) in [7, 11) is 0. The minimum atomic E-state index is -0.222. The highest BCUT2D eigenvalue weighted by atomic mass is 32.1. The molecule has 0 aliphatic rings. The Balaban J connectivity index is 1.96. The Kier molecular flexibility index (Phi) is 4.01. The van der Waals surface area contributed by atoms with Gasteiger partial charge in [-0.2, -0.15) is 5.10 Å². The number of hydrogen-bond acceptors (Lipinski definition) is 4. The average molecular weight is 304 g/mol. The number of aryl methyl sites for hydroxylation is 1. The summed E-state index contributed by atoms with van der Waals surface area (Å²) in [5, 5.41) is 5.23. The van der Waals surface area contributed by atoms with Gasteiger partial charge in [-0.25, -0.2) is 9.82 Å². The quantitative estimate of drug-likeness (QED) is 0.562. The molecule has 0 bridgehead atoms. The smallest absolute Gasteiger partial charge is 0.123 e. The first kappa shape index (κ1) is 14.2. The number of aromatic nitrogens is 2. The minimum Gasteiger partial charge on any atom is -0.272 e. The lowest BCUT2D eigenvalue weighted by Crippen LogP contribution is -2.27. The van der Waals surface area contributed by atoms with Crippen molar-refractivity contribution in [3.8, 4) is 0 Å². The lowest BCUT2D eigenvalue weighted by molar-refractivity contribution is 0.599. The standard InChI is InChI=1S/C15H17FN4S/c1-2-5-20-9-11(8-18-20)15(19-17)14-7-10-6-12(16)3-4-13(10)21-14/h3-4,6-9,15,19H,2,5,17H2,1H3. The highest BCUT2D eigenvalue weighted by molar-refractivity contribution is 7.19. The number of fused-ring (bicyclic) bond motifs is 1. The van der Waals surface area contributed by atoms with Crippen LogP contribution in [0.15, 0.2) is 36.7 Å². The summed E-state index contributed by atoms with van der Waals surface area (Å²) in [6, 6.07) is 6.67. The van der Waals surface area contributed by atoms with Crippen LogP contribution in [0.2, 0.25) is 0 Å². The molecule has 0 radical (unpaired) electrons. The van der Waals surface area contributed by atoms with Crippen molar-refractivity contribution in [2.24, 2.45) is 5.84 Å². The van der Waals surface area contributed by atoms with Gasteiger partial charge in [0.15, 0.2) is 0 Å². The van der Waals surface area contributed by atoms with E-state index in [2.05, 4.69) is 17.4 Å². The molecule has 0 aliphatic carbocycles. The van der Waals surface area contributed by atoms with E-state index in [4.69, 9.17) is 5.84 Å². The number of nitrogens with two attached hydrogens (primary N) is 1. The van der Waals surface area contributed by atoms with Crippen LogP contribution in [-0.2, 0) is 6.54 Å². The zero-order valence-corrected chi connectivity index (χ0v) is 12.5. The van der Waals surface area contributed by atoms with Gasteiger partial charge in [0, 0.05) is 27.9 Å². The molecule has 2 heterocycles. The van der Waals surface area contributed by atoms with Gasteiger partial charge in [-0.1, -0.05) is 6.92 Å². The van der Waals surface area contributed by atoms with Gasteiger partial charge in [0.05, 0.1) is 12.2 Å². The maximum Gasteiger partial charge on any atom is 0.123 e. The van der Waals surface area contributed by atoms with Crippen molar-refractivity contribution in [2.75, 3.05) is 0 Å². The third-order valence-corrected chi connectivity index (χ3v) is 4.57. The van der Waals surface area contributed by atoms with Crippen molar-refractivity contribution >= 4 is 21.4 Å². The lowest BCUT2D eigenvalue weighted by Gasteiger charge is -2.11. The lowest BCUT2D eigenvalue weighted by atomic mass is 10.1. The number of nitrogens with zero attached hydrogens (tertiary/aromatic N) is 2. The molecule has 0 spiro atoms. The van der Waals surface area contributed by atoms with Crippen molar-refractivity contribution in [1.82, 2.24) is 15.2 Å². The molecule has 3 rings (SSSR count). The van der Waals surface area contributed by atoms with Crippen LogP contribution in [0.4, 0.5) is 4.39 Å². The van der Waals surface area contributed by atoms with Gasteiger partial charge in [0.1, 0.15) is 5.82 Å². The Labute approximate surface area is 126 Å². The van der Waals surface area contributed by atoms with Gasteiger partial charge in [-0.15, -0.1) is 11.3 Å². The van der Waals surface area contributed by atoms with E-state index in [1.807, 2.05) is 23.1 Å². The van der Waals surface area contributed by atoms with Crippen LogP contribution in [-0.4, -0.2) is 9.78 Å². The second-order valence-electron chi connectivity index (χ2n) is 4.97. The van der Waals surface area contributed by atoms with E-state index in [1.165, 1.54) is 6.07 Å². The molecule has 2 aromatic heterocycles. The first-order valence-corrected chi connectivity index (χ1v) is 7.70. The zero-order valence-electron chi connectivity index (χ0n) is 11.7. The van der Waals surface area contributed by atoms with E-state index < -0.39 is 0 Å². The first-order valence-electron chi connectivity index (χ1n) is 6.88. The predicted molar refractivity (Wildman–Crippen MR) is 83.5 cm³/mol. The molecule has 0 saturated carbocycles. The second kappa shape index (κ2) is 5.93. The molecule has 0 saturated heterocycles. The summed E-state index contributed by atoms with van der Waals surface area (Å²) in [5.74, 6) is 5.49. The Morgan fingerprint density at radius 2 is 2.29 bits per heavy atom. The molecule has 1 unspecified atom stereocenters. The van der Waals surface area contributed by atoms with E-state index in [0.717, 1.165) is 33.5 Å². The van der Waals surface area contributed by atoms with E-state index in [9.17, 15) is 4.39 Å². The number of thiophene rings is 1. The SMILES string of the molecule is CCCn1cc(C(NN)c2cc3cc(F)ccc3s2)cn1. The zero-order chi connectivity index (χ0) is 14.8. The Bertz CT molecular complexity index is 749. The number of nitrogens with one attached hydrogen (secondary N) is 1. The van der Waals surface area contributed by atoms with Gasteiger partial charge in [0.25, 0.3) is 0 Å². The van der Waals surface area contributed by atoms with E-state index in [1.54, 1.807) is 23.5 Å². The molecule has 1 atom stereocenters. The molecule has 3 N–H and O–H groups in total. The van der Waals surface area contributed by atoms with Crippen molar-refractivity contribution < 1.29 is 4.39 Å². The molecule has 110 valence electrons. The Morgan fingerprint density at radius 1 is 1.43 bits per heavy atom. The van der Waals surface area contributed by atoms with Crippen molar-refractivity contribution in [1.29, 1.82) is 0 Å². The number of hydrogen-bond donors (Lipinski definition) is 2. The molecule has 3 aromatic rings. The van der Waals surface area contributed by atoms with Gasteiger partial charge in [-0.05, 0) is 36.1 Å². The average Bonchev–Trinajstić information content (AvgIpc) is 3.07. The summed E-state index contributed by atoms with van der Waals surface area (Å²) in [6.45, 7) is 3.00. The second-order valence-corrected chi connectivity index (χ2v) is 6.08. The third-order valence-electron chi connectivity index (χ3n) is 3.39. The van der Waals surface area contributed by atoms with E-state index in [0.29, 0.717) is 0 Å². The summed E-state index contributed by atoms with van der Waals surface area (Å²) in [6.07, 6.45) is 4.86. The molecule has 21 heavy (non-hydrogen) atoms. The highest BCUT2D eigenvalue weighted by Crippen LogP contribution is 2.33. The maximum atomic E-state index is 13.3. The topological polar surface area (TPSA) is 55.9 Å². The molecule has 0 amide bonds. The molecule has 4 nitrogen and oxygen atoms in total. The van der Waals surface area contributed by atoms with Crippen molar-refractivity contribution in [3.63, 3.8) is 0 Å². The van der Waals surface area contributed by atoms with Crippen LogP contribution in [0.3, 0.4) is 0 Å². The Hall–Kier alpha value is -1.76. The number of benzene rings is 1. The fourth-order valence-electron chi connectivity index (χ4n) is 2.40. The van der Waals surface area contributed by atoms with Crippen LogP contribution in [0, 0.1) is 5.82 Å². The molecule has 0 aliphatic heterocycles. The van der Waals surface area contributed by atoms with Crippen molar-refractivity contribution in [3.05, 3.63) is 52.9 Å². The molecular formula is C15H17FN4S.